The van der Waals surface area contributed by atoms with E-state index in [4.69, 9.17) is 12.2 Å². The van der Waals surface area contributed by atoms with Crippen LogP contribution in [0, 0.1) is 10.7 Å². The molecule has 24 heavy (non-hydrogen) atoms. The summed E-state index contributed by atoms with van der Waals surface area (Å²) in [7, 11) is 0. The molecule has 3 rings (SSSR count). The fourth-order valence-corrected chi connectivity index (χ4v) is 4.46. The summed E-state index contributed by atoms with van der Waals surface area (Å²) in [6, 6.07) is 2.17. The first-order chi connectivity index (χ1) is 11.6. The second kappa shape index (κ2) is 7.61. The summed E-state index contributed by atoms with van der Waals surface area (Å²) in [5, 5.41) is 5.03. The summed E-state index contributed by atoms with van der Waals surface area (Å²) in [5.41, 5.74) is 0.723. The average molecular weight is 366 g/mol. The number of aromatic amines is 1. The molecule has 2 aromatic heterocycles. The number of nitrogens with zero attached hydrogens (tertiary/aromatic N) is 1. The van der Waals surface area contributed by atoms with Gasteiger partial charge in [0.15, 0.2) is 4.77 Å². The molecule has 0 aromatic carbocycles. The monoisotopic (exact) mass is 365 g/mol. The van der Waals surface area contributed by atoms with E-state index < -0.39 is 0 Å². The molecule has 0 radical (unpaired) electrons. The summed E-state index contributed by atoms with van der Waals surface area (Å²) >= 11 is 6.68. The number of carbonyl (C=O) groups is 1. The molecule has 2 aromatic rings. The van der Waals surface area contributed by atoms with Gasteiger partial charge in [0.1, 0.15) is 4.70 Å². The van der Waals surface area contributed by atoms with E-state index in [0.29, 0.717) is 40.8 Å². The van der Waals surface area contributed by atoms with Gasteiger partial charge >= 0.3 is 0 Å². The van der Waals surface area contributed by atoms with E-state index in [1.54, 1.807) is 4.57 Å². The molecule has 1 amide bonds. The predicted octanol–water partition coefficient (Wildman–Crippen LogP) is 3.60. The van der Waals surface area contributed by atoms with Crippen LogP contribution in [0.5, 0.6) is 0 Å². The van der Waals surface area contributed by atoms with Crippen molar-refractivity contribution in [2.45, 2.75) is 58.0 Å². The number of fused-ring (bicyclic) bond motifs is 1. The number of hydrogen-bond donors (Lipinski definition) is 2. The zero-order valence-corrected chi connectivity index (χ0v) is 15.5. The van der Waals surface area contributed by atoms with Crippen LogP contribution in [0.3, 0.4) is 0 Å². The normalized spacial score (nSPS) is 21.0. The van der Waals surface area contributed by atoms with Gasteiger partial charge in [0.2, 0.25) is 5.91 Å². The lowest BCUT2D eigenvalue weighted by Gasteiger charge is -2.29. The van der Waals surface area contributed by atoms with Crippen molar-refractivity contribution in [3.05, 3.63) is 26.6 Å². The summed E-state index contributed by atoms with van der Waals surface area (Å²) < 4.78 is 2.67. The lowest BCUT2D eigenvalue weighted by molar-refractivity contribution is -0.122. The zero-order valence-electron chi connectivity index (χ0n) is 13.8. The Kier molecular flexibility index (Phi) is 5.50. The molecule has 5 nitrogen and oxygen atoms in total. The van der Waals surface area contributed by atoms with Gasteiger partial charge in [-0.3, -0.25) is 14.2 Å². The highest BCUT2D eigenvalue weighted by atomic mass is 32.1. The van der Waals surface area contributed by atoms with Crippen LogP contribution in [0.2, 0.25) is 0 Å². The van der Waals surface area contributed by atoms with E-state index in [9.17, 15) is 9.59 Å². The molecule has 2 N–H and O–H groups in total. The minimum Gasteiger partial charge on any atom is -0.353 e. The Labute approximate surface area is 150 Å². The molecule has 7 heteroatoms. The maximum absolute atomic E-state index is 12.4. The van der Waals surface area contributed by atoms with E-state index in [1.165, 1.54) is 30.6 Å². The Bertz CT molecular complexity index is 836. The van der Waals surface area contributed by atoms with E-state index in [0.717, 1.165) is 11.9 Å². The van der Waals surface area contributed by atoms with Gasteiger partial charge in [0.05, 0.1) is 5.52 Å². The van der Waals surface area contributed by atoms with Crippen LogP contribution in [0.1, 0.15) is 45.4 Å². The van der Waals surface area contributed by atoms with Gasteiger partial charge in [-0.25, -0.2) is 0 Å². The van der Waals surface area contributed by atoms with Crippen molar-refractivity contribution in [3.8, 4) is 0 Å². The SMILES string of the molecule is C[C@H]1CCCC[C@@H]1NC(=O)CCCn1c(=S)[nH]c2ccsc2c1=O. The molecule has 1 saturated carbocycles. The number of amides is 1. The van der Waals surface area contributed by atoms with Crippen molar-refractivity contribution < 1.29 is 4.79 Å². The van der Waals surface area contributed by atoms with Crippen molar-refractivity contribution in [2.24, 2.45) is 5.92 Å². The smallest absolute Gasteiger partial charge is 0.272 e. The summed E-state index contributed by atoms with van der Waals surface area (Å²) in [4.78, 5) is 27.7. The number of hydrogen-bond acceptors (Lipinski definition) is 4. The Balaban J connectivity index is 1.57. The van der Waals surface area contributed by atoms with Crippen LogP contribution in [0.15, 0.2) is 16.2 Å². The van der Waals surface area contributed by atoms with E-state index in [-0.39, 0.29) is 11.5 Å². The number of H-pyrrole nitrogens is 1. The summed E-state index contributed by atoms with van der Waals surface area (Å²) in [6.07, 6.45) is 5.76. The number of rotatable bonds is 5. The van der Waals surface area contributed by atoms with Gasteiger partial charge in [-0.05, 0) is 48.8 Å². The number of nitrogens with one attached hydrogen (secondary N) is 2. The Morgan fingerprint density at radius 1 is 1.46 bits per heavy atom. The third-order valence-electron chi connectivity index (χ3n) is 4.83. The minimum absolute atomic E-state index is 0.0648. The van der Waals surface area contributed by atoms with Crippen LogP contribution in [-0.2, 0) is 11.3 Å². The lowest BCUT2D eigenvalue weighted by Crippen LogP contribution is -2.41. The number of aromatic nitrogens is 2. The Hall–Kier alpha value is -1.47. The fourth-order valence-electron chi connectivity index (χ4n) is 3.38. The van der Waals surface area contributed by atoms with E-state index in [1.807, 2.05) is 11.4 Å². The molecule has 1 aliphatic rings. The largest absolute Gasteiger partial charge is 0.353 e. The zero-order chi connectivity index (χ0) is 17.1. The van der Waals surface area contributed by atoms with Crippen LogP contribution in [0.25, 0.3) is 10.2 Å². The molecule has 1 fully saturated rings. The molecule has 0 saturated heterocycles. The maximum Gasteiger partial charge on any atom is 0.272 e. The topological polar surface area (TPSA) is 66.9 Å². The first-order valence-electron chi connectivity index (χ1n) is 8.56. The van der Waals surface area contributed by atoms with Gasteiger partial charge in [-0.1, -0.05) is 19.8 Å². The first kappa shape index (κ1) is 17.4. The quantitative estimate of drug-likeness (QED) is 0.796. The molecule has 2 heterocycles. The first-order valence-corrected chi connectivity index (χ1v) is 9.84. The van der Waals surface area contributed by atoms with Crippen molar-refractivity contribution in [1.82, 2.24) is 14.9 Å². The van der Waals surface area contributed by atoms with Crippen molar-refractivity contribution in [2.75, 3.05) is 0 Å². The molecule has 130 valence electrons. The lowest BCUT2D eigenvalue weighted by atomic mass is 9.86. The molecular weight excluding hydrogens is 342 g/mol. The average Bonchev–Trinajstić information content (AvgIpc) is 3.01. The highest BCUT2D eigenvalue weighted by Crippen LogP contribution is 2.23. The highest BCUT2D eigenvalue weighted by molar-refractivity contribution is 7.71. The maximum atomic E-state index is 12.4. The molecule has 2 atom stereocenters. The third-order valence-corrected chi connectivity index (χ3v) is 6.06. The third kappa shape index (κ3) is 3.78. The molecule has 0 unspecified atom stereocenters. The van der Waals surface area contributed by atoms with Crippen molar-refractivity contribution >= 4 is 39.7 Å². The summed E-state index contributed by atoms with van der Waals surface area (Å²) in [6.45, 7) is 2.68. The van der Waals surface area contributed by atoms with Crippen LogP contribution in [0.4, 0.5) is 0 Å². The molecular formula is C17H23N3O2S2. The van der Waals surface area contributed by atoms with Crippen LogP contribution < -0.4 is 10.9 Å². The molecule has 0 aliphatic heterocycles. The van der Waals surface area contributed by atoms with E-state index >= 15 is 0 Å². The summed E-state index contributed by atoms with van der Waals surface area (Å²) in [5.74, 6) is 0.634. The van der Waals surface area contributed by atoms with Crippen molar-refractivity contribution in [3.63, 3.8) is 0 Å². The fraction of sp³-hybridized carbons (Fsp3) is 0.588. The molecule has 0 spiro atoms. The molecule has 1 aliphatic carbocycles. The van der Waals surface area contributed by atoms with Gasteiger partial charge in [-0.15, -0.1) is 11.3 Å². The van der Waals surface area contributed by atoms with Crippen molar-refractivity contribution in [1.29, 1.82) is 0 Å². The Morgan fingerprint density at radius 3 is 3.04 bits per heavy atom. The van der Waals surface area contributed by atoms with Gasteiger partial charge in [0.25, 0.3) is 5.56 Å². The molecule has 0 bridgehead atoms. The van der Waals surface area contributed by atoms with Crippen LogP contribution in [-0.4, -0.2) is 21.5 Å². The van der Waals surface area contributed by atoms with E-state index in [2.05, 4.69) is 17.2 Å². The number of carbonyl (C=O) groups excluding carboxylic acids is 1. The van der Waals surface area contributed by atoms with Gasteiger partial charge in [0, 0.05) is 19.0 Å². The minimum atomic E-state index is -0.0648. The highest BCUT2D eigenvalue weighted by Gasteiger charge is 2.22. The Morgan fingerprint density at radius 2 is 2.25 bits per heavy atom. The standard InChI is InChI=1S/C17H23N3O2S2/c1-11-5-2-3-6-12(11)18-14(21)7-4-9-20-16(22)15-13(8-10-24-15)19-17(20)23/h8,10-12H,2-7,9H2,1H3,(H,18,21)(H,19,23)/t11-,12-/m0/s1. The van der Waals surface area contributed by atoms with Gasteiger partial charge in [-0.2, -0.15) is 0 Å². The predicted molar refractivity (Wildman–Crippen MR) is 100 cm³/mol. The second-order valence-electron chi connectivity index (χ2n) is 6.59. The van der Waals surface area contributed by atoms with Crippen LogP contribution >= 0.6 is 23.6 Å². The second-order valence-corrected chi connectivity index (χ2v) is 7.89. The van der Waals surface area contributed by atoms with Gasteiger partial charge < -0.3 is 10.3 Å². The number of thiophene rings is 1.